The molecule has 0 amide bonds. The number of nitrogens with zero attached hydrogens (tertiary/aromatic N) is 3. The van der Waals surface area contributed by atoms with Gasteiger partial charge >= 0.3 is 6.18 Å². The van der Waals surface area contributed by atoms with E-state index < -0.39 is 11.7 Å². The van der Waals surface area contributed by atoms with Crippen LogP contribution >= 0.6 is 15.9 Å². The van der Waals surface area contributed by atoms with Crippen molar-refractivity contribution in [3.8, 4) is 0 Å². The molecule has 0 aliphatic heterocycles. The Morgan fingerprint density at radius 1 is 1.27 bits per heavy atom. The second-order valence-electron chi connectivity index (χ2n) is 4.82. The maximum Gasteiger partial charge on any atom is 0.416 e. The molecule has 118 valence electrons. The van der Waals surface area contributed by atoms with E-state index in [9.17, 15) is 18.0 Å². The molecule has 1 heterocycles. The van der Waals surface area contributed by atoms with Crippen LogP contribution in [0.25, 0.3) is 0 Å². The molecule has 0 saturated carbocycles. The first kappa shape index (κ1) is 16.5. The molecule has 0 unspecified atom stereocenters. The summed E-state index contributed by atoms with van der Waals surface area (Å²) in [5.74, 6) is 0. The van der Waals surface area contributed by atoms with Crippen LogP contribution in [-0.4, -0.2) is 16.8 Å². The van der Waals surface area contributed by atoms with Crippen LogP contribution in [0.1, 0.15) is 11.1 Å². The Labute approximate surface area is 133 Å². The second kappa shape index (κ2) is 6.12. The van der Waals surface area contributed by atoms with E-state index in [4.69, 9.17) is 0 Å². The summed E-state index contributed by atoms with van der Waals surface area (Å²) in [6, 6.07) is 4.92. The van der Waals surface area contributed by atoms with Crippen LogP contribution < -0.4 is 10.5 Å². The van der Waals surface area contributed by atoms with Gasteiger partial charge in [-0.3, -0.25) is 4.79 Å². The van der Waals surface area contributed by atoms with E-state index >= 15 is 0 Å². The zero-order valence-electron chi connectivity index (χ0n) is 11.9. The highest BCUT2D eigenvalue weighted by atomic mass is 79.9. The molecule has 0 spiro atoms. The predicted molar refractivity (Wildman–Crippen MR) is 80.7 cm³/mol. The number of hydrogen-bond acceptors (Lipinski definition) is 3. The number of benzene rings is 1. The summed E-state index contributed by atoms with van der Waals surface area (Å²) in [7, 11) is 3.27. The molecule has 1 aromatic carbocycles. The van der Waals surface area contributed by atoms with Crippen molar-refractivity contribution in [3.63, 3.8) is 0 Å². The van der Waals surface area contributed by atoms with E-state index in [1.54, 1.807) is 11.9 Å². The first-order chi connectivity index (χ1) is 10.2. The molecule has 0 aliphatic carbocycles. The Morgan fingerprint density at radius 3 is 2.41 bits per heavy atom. The van der Waals surface area contributed by atoms with Gasteiger partial charge in [0.15, 0.2) is 0 Å². The Balaban J connectivity index is 2.21. The summed E-state index contributed by atoms with van der Waals surface area (Å²) in [5, 5.41) is 3.93. The summed E-state index contributed by atoms with van der Waals surface area (Å²) in [5.41, 5.74) is 0.304. The maximum atomic E-state index is 12.5. The Kier molecular flexibility index (Phi) is 4.60. The van der Waals surface area contributed by atoms with Crippen molar-refractivity contribution < 1.29 is 13.2 Å². The van der Waals surface area contributed by atoms with Crippen LogP contribution in [0.5, 0.6) is 0 Å². The highest BCUT2D eigenvalue weighted by Crippen LogP contribution is 2.29. The van der Waals surface area contributed by atoms with E-state index in [0.717, 1.165) is 12.1 Å². The summed E-state index contributed by atoms with van der Waals surface area (Å²) >= 11 is 3.22. The van der Waals surface area contributed by atoms with Crippen LogP contribution in [-0.2, 0) is 19.8 Å². The van der Waals surface area contributed by atoms with Gasteiger partial charge in [-0.05, 0) is 33.6 Å². The molecule has 0 N–H and O–H groups in total. The van der Waals surface area contributed by atoms with Crippen LogP contribution in [0, 0.1) is 0 Å². The molecule has 2 aromatic rings. The van der Waals surface area contributed by atoms with Gasteiger partial charge in [-0.15, -0.1) is 0 Å². The standard InChI is InChI=1S/C14H13BrF3N3O/c1-20(11-7-19-21(2)13(22)12(11)15)8-9-3-5-10(6-4-9)14(16,17)18/h3-7H,8H2,1-2H3. The van der Waals surface area contributed by atoms with E-state index in [1.165, 1.54) is 30.1 Å². The molecule has 0 atom stereocenters. The fraction of sp³-hybridized carbons (Fsp3) is 0.286. The van der Waals surface area contributed by atoms with Gasteiger partial charge in [0, 0.05) is 20.6 Å². The molecule has 0 radical (unpaired) electrons. The Bertz CT molecular complexity index is 726. The summed E-state index contributed by atoms with van der Waals surface area (Å²) in [4.78, 5) is 13.5. The van der Waals surface area contributed by atoms with Crippen LogP contribution in [0.3, 0.4) is 0 Å². The minimum absolute atomic E-state index is 0.281. The van der Waals surface area contributed by atoms with Gasteiger partial charge in [-0.25, -0.2) is 4.68 Å². The lowest BCUT2D eigenvalue weighted by molar-refractivity contribution is -0.137. The Morgan fingerprint density at radius 2 is 1.86 bits per heavy atom. The van der Waals surface area contributed by atoms with Gasteiger partial charge in [0.2, 0.25) is 0 Å². The minimum atomic E-state index is -4.34. The third kappa shape index (κ3) is 3.49. The normalized spacial score (nSPS) is 11.5. The van der Waals surface area contributed by atoms with Crippen molar-refractivity contribution in [1.82, 2.24) is 9.78 Å². The fourth-order valence-corrected chi connectivity index (χ4v) is 2.59. The van der Waals surface area contributed by atoms with Gasteiger partial charge in [0.25, 0.3) is 5.56 Å². The molecule has 2 rings (SSSR count). The molecule has 22 heavy (non-hydrogen) atoms. The van der Waals surface area contributed by atoms with Crippen LogP contribution in [0.15, 0.2) is 39.7 Å². The van der Waals surface area contributed by atoms with E-state index in [0.29, 0.717) is 22.3 Å². The Hall–Kier alpha value is -1.83. The van der Waals surface area contributed by atoms with E-state index in [1.807, 2.05) is 0 Å². The summed E-state index contributed by atoms with van der Waals surface area (Å²) < 4.78 is 39.1. The summed E-state index contributed by atoms with van der Waals surface area (Å²) in [6.07, 6.45) is -2.82. The fourth-order valence-electron chi connectivity index (χ4n) is 1.93. The lowest BCUT2D eigenvalue weighted by Gasteiger charge is -2.20. The quantitative estimate of drug-likeness (QED) is 0.826. The van der Waals surface area contributed by atoms with Gasteiger partial charge in [0.1, 0.15) is 4.47 Å². The molecule has 0 aliphatic rings. The average molecular weight is 376 g/mol. The molecule has 0 saturated heterocycles. The number of aromatic nitrogens is 2. The molecular weight excluding hydrogens is 363 g/mol. The zero-order valence-corrected chi connectivity index (χ0v) is 13.4. The number of halogens is 4. The molecular formula is C14H13BrF3N3O. The summed E-state index contributed by atoms with van der Waals surface area (Å²) in [6.45, 7) is 0.353. The van der Waals surface area contributed by atoms with Crippen molar-refractivity contribution in [3.05, 3.63) is 56.4 Å². The molecule has 0 bridgehead atoms. The maximum absolute atomic E-state index is 12.5. The topological polar surface area (TPSA) is 38.1 Å². The minimum Gasteiger partial charge on any atom is -0.368 e. The van der Waals surface area contributed by atoms with E-state index in [2.05, 4.69) is 21.0 Å². The van der Waals surface area contributed by atoms with E-state index in [-0.39, 0.29) is 5.56 Å². The SMILES string of the molecule is CN(Cc1ccc(C(F)(F)F)cc1)c1cnn(C)c(=O)c1Br. The largest absolute Gasteiger partial charge is 0.416 e. The molecule has 4 nitrogen and oxygen atoms in total. The van der Waals surface area contributed by atoms with Crippen LogP contribution in [0.2, 0.25) is 0 Å². The smallest absolute Gasteiger partial charge is 0.368 e. The van der Waals surface area contributed by atoms with Gasteiger partial charge in [0.05, 0.1) is 17.4 Å². The van der Waals surface area contributed by atoms with Gasteiger partial charge in [-0.2, -0.15) is 18.3 Å². The van der Waals surface area contributed by atoms with Crippen LogP contribution in [0.4, 0.5) is 18.9 Å². The first-order valence-electron chi connectivity index (χ1n) is 6.29. The number of anilines is 1. The molecule has 1 aromatic heterocycles. The predicted octanol–water partition coefficient (Wildman–Crippen LogP) is 3.20. The highest BCUT2D eigenvalue weighted by Gasteiger charge is 2.29. The number of rotatable bonds is 3. The lowest BCUT2D eigenvalue weighted by Crippen LogP contribution is -2.25. The lowest BCUT2D eigenvalue weighted by atomic mass is 10.1. The van der Waals surface area contributed by atoms with Crippen molar-refractivity contribution in [2.45, 2.75) is 12.7 Å². The monoisotopic (exact) mass is 375 g/mol. The third-order valence-corrected chi connectivity index (χ3v) is 3.92. The number of hydrogen-bond donors (Lipinski definition) is 0. The van der Waals surface area contributed by atoms with Crippen molar-refractivity contribution >= 4 is 21.6 Å². The first-order valence-corrected chi connectivity index (χ1v) is 7.08. The number of alkyl halides is 3. The van der Waals surface area contributed by atoms with Gasteiger partial charge < -0.3 is 4.90 Å². The zero-order chi connectivity index (χ0) is 16.5. The average Bonchev–Trinajstić information content (AvgIpc) is 2.44. The van der Waals surface area contributed by atoms with Crippen molar-refractivity contribution in [2.24, 2.45) is 7.05 Å². The highest BCUT2D eigenvalue weighted by molar-refractivity contribution is 9.10. The number of aryl methyl sites for hydroxylation is 1. The molecule has 8 heteroatoms. The second-order valence-corrected chi connectivity index (χ2v) is 5.62. The third-order valence-electron chi connectivity index (χ3n) is 3.17. The van der Waals surface area contributed by atoms with Crippen molar-refractivity contribution in [1.29, 1.82) is 0 Å². The molecule has 0 fully saturated rings. The van der Waals surface area contributed by atoms with Gasteiger partial charge in [-0.1, -0.05) is 12.1 Å². The van der Waals surface area contributed by atoms with Crippen molar-refractivity contribution in [2.75, 3.05) is 11.9 Å².